The van der Waals surface area contributed by atoms with Gasteiger partial charge in [0.05, 0.1) is 6.07 Å². The van der Waals surface area contributed by atoms with Crippen molar-refractivity contribution in [2.24, 2.45) is 0 Å². The Morgan fingerprint density at radius 2 is 1.85 bits per heavy atom. The molecule has 68 valence electrons. The maximum absolute atomic E-state index is 12.4. The zero-order valence-electron chi connectivity index (χ0n) is 6.27. The Labute approximate surface area is 71.7 Å². The molecule has 0 heterocycles. The van der Waals surface area contributed by atoms with Crippen LogP contribution < -0.4 is 5.46 Å². The van der Waals surface area contributed by atoms with E-state index in [0.29, 0.717) is 18.2 Å². The molecule has 0 aliphatic rings. The Morgan fingerprint density at radius 3 is 2.31 bits per heavy atom. The summed E-state index contributed by atoms with van der Waals surface area (Å²) >= 11 is 0. The number of benzene rings is 1. The largest absolute Gasteiger partial charge is 0.510 e. The Balaban J connectivity index is 3.32. The van der Waals surface area contributed by atoms with Crippen molar-refractivity contribution in [1.29, 1.82) is 5.26 Å². The topological polar surface area (TPSA) is 23.8 Å². The minimum atomic E-state index is -5.24. The number of halogens is 4. The predicted octanol–water partition coefficient (Wildman–Crippen LogP) is 1.75. The highest BCUT2D eigenvalue weighted by Crippen LogP contribution is 2.12. The van der Waals surface area contributed by atoms with Gasteiger partial charge in [0.1, 0.15) is 5.82 Å². The van der Waals surface area contributed by atoms with Gasteiger partial charge in [-0.15, -0.1) is 0 Å². The van der Waals surface area contributed by atoms with Gasteiger partial charge in [0.15, 0.2) is 0 Å². The molecule has 0 saturated carbocycles. The lowest BCUT2D eigenvalue weighted by molar-refractivity contribution is 0.500. The van der Waals surface area contributed by atoms with Gasteiger partial charge in [0, 0.05) is 5.56 Å². The summed E-state index contributed by atoms with van der Waals surface area (Å²) in [5.74, 6) is -0.847. The number of nitrogens with zero attached hydrogens (tertiary/aromatic N) is 1. The smallest absolute Gasteiger partial charge is 0.445 e. The monoisotopic (exact) mass is 188 g/mol. The Morgan fingerprint density at radius 1 is 1.23 bits per heavy atom. The van der Waals surface area contributed by atoms with Crippen LogP contribution in [0.25, 0.3) is 0 Å². The van der Waals surface area contributed by atoms with Gasteiger partial charge in [-0.3, -0.25) is 0 Å². The third kappa shape index (κ3) is 1.99. The molecule has 1 aromatic carbocycles. The molecule has 0 fully saturated rings. The summed E-state index contributed by atoms with van der Waals surface area (Å²) in [6, 6.07) is 3.14. The molecule has 0 spiro atoms. The van der Waals surface area contributed by atoms with E-state index in [-0.39, 0.29) is 0 Å². The zero-order valence-corrected chi connectivity index (χ0v) is 6.27. The second kappa shape index (κ2) is 3.09. The molecule has 0 saturated heterocycles. The minimum absolute atomic E-state index is 0.574. The highest BCUT2D eigenvalue weighted by Gasteiger charge is 2.28. The highest BCUT2D eigenvalue weighted by atomic mass is 19.4. The van der Waals surface area contributed by atoms with E-state index in [1.54, 1.807) is 0 Å². The van der Waals surface area contributed by atoms with Gasteiger partial charge in [-0.2, -0.15) is 5.26 Å². The van der Waals surface area contributed by atoms with Crippen molar-refractivity contribution in [3.63, 3.8) is 0 Å². The number of hydrogen-bond donors (Lipinski definition) is 0. The molecule has 0 aliphatic heterocycles. The van der Waals surface area contributed by atoms with Crippen LogP contribution in [0, 0.1) is 17.1 Å². The van der Waals surface area contributed by atoms with E-state index in [1.165, 1.54) is 6.07 Å². The van der Waals surface area contributed by atoms with E-state index in [1.807, 2.05) is 0 Å². The zero-order chi connectivity index (χ0) is 10.1. The molecule has 0 N–H and O–H groups in total. The lowest BCUT2D eigenvalue weighted by Gasteiger charge is -2.15. The lowest BCUT2D eigenvalue weighted by atomic mass is 9.77. The van der Waals surface area contributed by atoms with E-state index in [2.05, 4.69) is 0 Å². The van der Waals surface area contributed by atoms with E-state index < -0.39 is 23.8 Å². The van der Waals surface area contributed by atoms with Gasteiger partial charge < -0.3 is 12.9 Å². The van der Waals surface area contributed by atoms with Crippen LogP contribution in [0.3, 0.4) is 0 Å². The lowest BCUT2D eigenvalue weighted by Crippen LogP contribution is -2.36. The fourth-order valence-electron chi connectivity index (χ4n) is 0.911. The Hall–Kier alpha value is -1.51. The van der Waals surface area contributed by atoms with Gasteiger partial charge in [-0.25, -0.2) is 4.39 Å². The van der Waals surface area contributed by atoms with Crippen LogP contribution in [0.4, 0.5) is 17.3 Å². The summed E-state index contributed by atoms with van der Waals surface area (Å²) in [6.07, 6.45) is 0. The molecule has 0 aromatic heterocycles. The van der Waals surface area contributed by atoms with E-state index in [0.717, 1.165) is 0 Å². The van der Waals surface area contributed by atoms with Gasteiger partial charge >= 0.3 is 6.98 Å². The van der Waals surface area contributed by atoms with Crippen molar-refractivity contribution < 1.29 is 17.3 Å². The summed E-state index contributed by atoms with van der Waals surface area (Å²) in [4.78, 5) is 0. The standard InChI is InChI=1S/C7H3BF4N/c9-6-1-2-7(8(10,11)12)5(3-6)4-13/h1-3H/q-1. The van der Waals surface area contributed by atoms with E-state index in [9.17, 15) is 17.3 Å². The summed E-state index contributed by atoms with van der Waals surface area (Å²) < 4.78 is 48.9. The van der Waals surface area contributed by atoms with E-state index >= 15 is 0 Å². The molecule has 0 aliphatic carbocycles. The van der Waals surface area contributed by atoms with Crippen LogP contribution in [0.5, 0.6) is 0 Å². The van der Waals surface area contributed by atoms with Crippen molar-refractivity contribution in [2.45, 2.75) is 0 Å². The summed E-state index contributed by atoms with van der Waals surface area (Å²) in [6.45, 7) is -5.24. The summed E-state index contributed by atoms with van der Waals surface area (Å²) in [5.41, 5.74) is -1.73. The molecule has 1 aromatic rings. The van der Waals surface area contributed by atoms with Crippen molar-refractivity contribution in [3.05, 3.63) is 29.6 Å². The first-order valence-electron chi connectivity index (χ1n) is 3.34. The number of nitriles is 1. The molecule has 13 heavy (non-hydrogen) atoms. The quantitative estimate of drug-likeness (QED) is 0.486. The van der Waals surface area contributed by atoms with Gasteiger partial charge in [-0.05, 0) is 12.1 Å². The van der Waals surface area contributed by atoms with Crippen LogP contribution in [0.2, 0.25) is 0 Å². The Kier molecular flexibility index (Phi) is 2.28. The van der Waals surface area contributed by atoms with Crippen LogP contribution in [0.15, 0.2) is 18.2 Å². The van der Waals surface area contributed by atoms with Gasteiger partial charge in [-0.1, -0.05) is 11.5 Å². The normalized spacial score (nSPS) is 11.0. The first-order chi connectivity index (χ1) is 5.95. The molecule has 0 bridgehead atoms. The molecular formula is C7H3BF4N-. The molecule has 0 atom stereocenters. The average molecular weight is 188 g/mol. The molecule has 6 heteroatoms. The Bertz CT molecular complexity index is 366. The van der Waals surface area contributed by atoms with Crippen molar-refractivity contribution >= 4 is 12.4 Å². The average Bonchev–Trinajstić information content (AvgIpc) is 2.01. The van der Waals surface area contributed by atoms with E-state index in [4.69, 9.17) is 5.26 Å². The van der Waals surface area contributed by atoms with Crippen LogP contribution in [-0.4, -0.2) is 6.98 Å². The molecular weight excluding hydrogens is 185 g/mol. The second-order valence-electron chi connectivity index (χ2n) is 2.42. The molecule has 0 unspecified atom stereocenters. The SMILES string of the molecule is N#Cc1cc(F)ccc1[B-](F)(F)F. The maximum atomic E-state index is 12.4. The summed E-state index contributed by atoms with van der Waals surface area (Å²) in [7, 11) is 0. The molecule has 1 rings (SSSR count). The predicted molar refractivity (Wildman–Crippen MR) is 39.8 cm³/mol. The minimum Gasteiger partial charge on any atom is -0.445 e. The third-order valence-electron chi connectivity index (χ3n) is 1.49. The van der Waals surface area contributed by atoms with Gasteiger partial charge in [0.2, 0.25) is 0 Å². The van der Waals surface area contributed by atoms with Crippen molar-refractivity contribution in [1.82, 2.24) is 0 Å². The fraction of sp³-hybridized carbons (Fsp3) is 0. The molecule has 0 amide bonds. The highest BCUT2D eigenvalue weighted by molar-refractivity contribution is 6.74. The second-order valence-corrected chi connectivity index (χ2v) is 2.42. The third-order valence-corrected chi connectivity index (χ3v) is 1.49. The van der Waals surface area contributed by atoms with Gasteiger partial charge in [0.25, 0.3) is 0 Å². The van der Waals surface area contributed by atoms with Crippen LogP contribution in [-0.2, 0) is 0 Å². The fourth-order valence-corrected chi connectivity index (χ4v) is 0.911. The molecule has 1 nitrogen and oxygen atoms in total. The first kappa shape index (κ1) is 9.58. The van der Waals surface area contributed by atoms with Crippen LogP contribution >= 0.6 is 0 Å². The maximum Gasteiger partial charge on any atom is 0.510 e. The number of hydrogen-bond acceptors (Lipinski definition) is 1. The van der Waals surface area contributed by atoms with Crippen LogP contribution in [0.1, 0.15) is 5.56 Å². The number of rotatable bonds is 1. The van der Waals surface area contributed by atoms with Crippen molar-refractivity contribution in [2.75, 3.05) is 0 Å². The molecule has 0 radical (unpaired) electrons. The summed E-state index contributed by atoms with van der Waals surface area (Å²) in [5, 5.41) is 8.30. The first-order valence-corrected chi connectivity index (χ1v) is 3.34. The van der Waals surface area contributed by atoms with Crippen molar-refractivity contribution in [3.8, 4) is 6.07 Å².